The van der Waals surface area contributed by atoms with Crippen LogP contribution in [0.3, 0.4) is 0 Å². The molecule has 2 heterocycles. The van der Waals surface area contributed by atoms with E-state index in [1.807, 2.05) is 0 Å². The number of aliphatic carboxylic acids is 2. The number of ether oxygens (including phenoxy) is 2. The van der Waals surface area contributed by atoms with E-state index in [0.29, 0.717) is 0 Å². The minimum atomic E-state index is -2.83. The Kier molecular flexibility index (Phi) is 7.59. The van der Waals surface area contributed by atoms with Crippen molar-refractivity contribution in [1.29, 1.82) is 0 Å². The maximum absolute atomic E-state index is 15.1. The molecule has 0 aliphatic carbocycles. The number of fused-ring (bicyclic) bond motifs is 1. The molecular weight excluding hydrogens is 480 g/mol. The quantitative estimate of drug-likeness (QED) is 0.263. The largest absolute Gasteiger partial charge is 0.479 e. The fraction of sp³-hybridized carbons (Fsp3) is 0.350. The maximum Gasteiger partial charge on any atom is 0.348 e. The Morgan fingerprint density at radius 2 is 1.94 bits per heavy atom. The first-order chi connectivity index (χ1) is 16.1. The third-order valence-corrected chi connectivity index (χ3v) is 5.29. The predicted octanol–water partition coefficient (Wildman–Crippen LogP) is 2.24. The van der Waals surface area contributed by atoms with Gasteiger partial charge in [-0.1, -0.05) is 18.2 Å². The van der Waals surface area contributed by atoms with Crippen molar-refractivity contribution in [2.24, 2.45) is 0 Å². The molecule has 0 saturated carbocycles. The average molecular weight is 500 g/mol. The van der Waals surface area contributed by atoms with Crippen molar-refractivity contribution in [2.75, 3.05) is 19.5 Å². The van der Waals surface area contributed by atoms with Gasteiger partial charge in [0.05, 0.1) is 19.0 Å². The lowest BCUT2D eigenvalue weighted by molar-refractivity contribution is -0.188. The van der Waals surface area contributed by atoms with Gasteiger partial charge in [-0.2, -0.15) is 9.97 Å². The number of imidazole rings is 1. The SMILES string of the molecule is COC(COC(Cc1ccccc1F)(C(=O)O)C(=O)O)CC(F)n1cnc2c(N)nc(Cl)nc21. The molecule has 3 aromatic rings. The molecule has 3 rings (SSSR count). The molecule has 0 saturated heterocycles. The van der Waals surface area contributed by atoms with E-state index >= 15 is 4.39 Å². The molecular formula is C20H20ClF2N5O6. The summed E-state index contributed by atoms with van der Waals surface area (Å²) in [7, 11) is 1.21. The highest BCUT2D eigenvalue weighted by Crippen LogP contribution is 2.27. The second-order valence-corrected chi connectivity index (χ2v) is 7.58. The van der Waals surface area contributed by atoms with Crippen molar-refractivity contribution >= 4 is 40.5 Å². The number of nitrogens with two attached hydrogens (primary N) is 1. The molecule has 0 fully saturated rings. The number of benzene rings is 1. The van der Waals surface area contributed by atoms with E-state index in [0.717, 1.165) is 17.0 Å². The van der Waals surface area contributed by atoms with Crippen LogP contribution in [0.4, 0.5) is 14.6 Å². The van der Waals surface area contributed by atoms with Crippen LogP contribution in [-0.4, -0.2) is 67.1 Å². The van der Waals surface area contributed by atoms with Crippen molar-refractivity contribution < 1.29 is 38.1 Å². The van der Waals surface area contributed by atoms with Crippen LogP contribution < -0.4 is 5.73 Å². The molecule has 2 aromatic heterocycles. The zero-order chi connectivity index (χ0) is 25.0. The third kappa shape index (κ3) is 5.05. The summed E-state index contributed by atoms with van der Waals surface area (Å²) in [5.41, 5.74) is 2.84. The molecule has 0 spiro atoms. The fourth-order valence-corrected chi connectivity index (χ4v) is 3.41. The van der Waals surface area contributed by atoms with Crippen molar-refractivity contribution in [2.45, 2.75) is 30.8 Å². The molecule has 182 valence electrons. The van der Waals surface area contributed by atoms with Gasteiger partial charge < -0.3 is 25.4 Å². The summed E-state index contributed by atoms with van der Waals surface area (Å²) in [6, 6.07) is 5.11. The van der Waals surface area contributed by atoms with E-state index in [9.17, 15) is 24.2 Å². The molecule has 0 amide bonds. The van der Waals surface area contributed by atoms with Crippen LogP contribution >= 0.6 is 11.6 Å². The summed E-state index contributed by atoms with van der Waals surface area (Å²) in [5.74, 6) is -4.54. The fourth-order valence-electron chi connectivity index (χ4n) is 3.24. The standard InChI is InChI=1S/C20H20ClF2N5O6/c1-33-11(6-13(23)28-9-25-14-15(24)26-19(21)27-16(14)28)8-34-20(17(29)30,18(31)32)7-10-4-2-3-5-12(10)22/h2-5,9,11,13H,6-8H2,1H3,(H,29,30)(H,31,32)(H2,24,26,27). The first-order valence-electron chi connectivity index (χ1n) is 9.75. The van der Waals surface area contributed by atoms with Gasteiger partial charge in [0, 0.05) is 20.0 Å². The number of rotatable bonds is 11. The molecule has 2 unspecified atom stereocenters. The monoisotopic (exact) mass is 499 g/mol. The molecule has 0 aliphatic heterocycles. The van der Waals surface area contributed by atoms with Crippen LogP contribution in [0.15, 0.2) is 30.6 Å². The van der Waals surface area contributed by atoms with E-state index in [1.165, 1.54) is 25.3 Å². The molecule has 1 aromatic carbocycles. The number of nitrogens with zero attached hydrogens (tertiary/aromatic N) is 4. The lowest BCUT2D eigenvalue weighted by Gasteiger charge is -2.28. The van der Waals surface area contributed by atoms with Crippen molar-refractivity contribution in [3.63, 3.8) is 0 Å². The Balaban J connectivity index is 1.80. The smallest absolute Gasteiger partial charge is 0.348 e. The molecule has 0 aliphatic rings. The Hall–Kier alpha value is -3.42. The highest BCUT2D eigenvalue weighted by Gasteiger charge is 2.49. The Morgan fingerprint density at radius 1 is 1.26 bits per heavy atom. The number of nitrogen functional groups attached to an aromatic ring is 1. The molecule has 4 N–H and O–H groups in total. The number of carbonyl (C=O) groups is 2. The van der Waals surface area contributed by atoms with E-state index < -0.39 is 55.2 Å². The van der Waals surface area contributed by atoms with Gasteiger partial charge in [-0.05, 0) is 23.2 Å². The van der Waals surface area contributed by atoms with Gasteiger partial charge in [0.25, 0.3) is 5.60 Å². The number of carboxylic acids is 2. The van der Waals surface area contributed by atoms with Gasteiger partial charge in [-0.15, -0.1) is 0 Å². The van der Waals surface area contributed by atoms with Gasteiger partial charge in [-0.3, -0.25) is 4.57 Å². The zero-order valence-corrected chi connectivity index (χ0v) is 18.4. The summed E-state index contributed by atoms with van der Waals surface area (Å²) < 4.78 is 40.6. The topological polar surface area (TPSA) is 163 Å². The van der Waals surface area contributed by atoms with Crippen LogP contribution in [-0.2, 0) is 25.5 Å². The number of carboxylic acid groups (broad SMARTS) is 2. The van der Waals surface area contributed by atoms with Crippen molar-refractivity contribution in [3.8, 4) is 0 Å². The van der Waals surface area contributed by atoms with Crippen LogP contribution in [0.25, 0.3) is 11.2 Å². The normalized spacial score (nSPS) is 13.6. The van der Waals surface area contributed by atoms with Crippen molar-refractivity contribution in [1.82, 2.24) is 19.5 Å². The number of aromatic nitrogens is 4. The van der Waals surface area contributed by atoms with Crippen LogP contribution in [0.1, 0.15) is 18.3 Å². The number of halogens is 3. The minimum absolute atomic E-state index is 0.0192. The highest BCUT2D eigenvalue weighted by atomic mass is 35.5. The molecule has 11 nitrogen and oxygen atoms in total. The highest BCUT2D eigenvalue weighted by molar-refractivity contribution is 6.28. The average Bonchev–Trinajstić information content (AvgIpc) is 3.20. The van der Waals surface area contributed by atoms with E-state index in [2.05, 4.69) is 15.0 Å². The molecule has 34 heavy (non-hydrogen) atoms. The molecule has 0 bridgehead atoms. The number of methoxy groups -OCH3 is 1. The number of hydrogen-bond acceptors (Lipinski definition) is 8. The van der Waals surface area contributed by atoms with Gasteiger partial charge >= 0.3 is 11.9 Å². The minimum Gasteiger partial charge on any atom is -0.479 e. The van der Waals surface area contributed by atoms with Gasteiger partial charge in [0.1, 0.15) is 11.3 Å². The maximum atomic E-state index is 15.1. The molecule has 14 heteroatoms. The summed E-state index contributed by atoms with van der Waals surface area (Å²) in [4.78, 5) is 35.4. The second-order valence-electron chi connectivity index (χ2n) is 7.25. The number of alkyl halides is 1. The summed E-state index contributed by atoms with van der Waals surface area (Å²) >= 11 is 5.78. The first-order valence-corrected chi connectivity index (χ1v) is 10.1. The zero-order valence-electron chi connectivity index (χ0n) is 17.7. The predicted molar refractivity (Wildman–Crippen MR) is 114 cm³/mol. The van der Waals surface area contributed by atoms with Gasteiger partial charge in [0.2, 0.25) is 5.28 Å². The van der Waals surface area contributed by atoms with E-state index in [4.69, 9.17) is 26.8 Å². The van der Waals surface area contributed by atoms with Gasteiger partial charge in [-0.25, -0.2) is 23.4 Å². The van der Waals surface area contributed by atoms with E-state index in [-0.39, 0.29) is 27.8 Å². The second kappa shape index (κ2) is 10.2. The van der Waals surface area contributed by atoms with Crippen molar-refractivity contribution in [3.05, 3.63) is 47.3 Å². The summed E-state index contributed by atoms with van der Waals surface area (Å²) in [6.45, 7) is -0.630. The Labute approximate surface area is 196 Å². The first kappa shape index (κ1) is 25.2. The summed E-state index contributed by atoms with van der Waals surface area (Å²) in [5, 5.41) is 19.1. The van der Waals surface area contributed by atoms with Crippen LogP contribution in [0.5, 0.6) is 0 Å². The third-order valence-electron chi connectivity index (χ3n) is 5.12. The lowest BCUT2D eigenvalue weighted by atomic mass is 9.93. The van der Waals surface area contributed by atoms with Crippen LogP contribution in [0, 0.1) is 5.82 Å². The van der Waals surface area contributed by atoms with Crippen LogP contribution in [0.2, 0.25) is 5.28 Å². The lowest BCUT2D eigenvalue weighted by Crippen LogP contribution is -2.52. The number of anilines is 1. The van der Waals surface area contributed by atoms with Gasteiger partial charge in [0.15, 0.2) is 17.8 Å². The molecule has 0 radical (unpaired) electrons. The number of hydrogen-bond donors (Lipinski definition) is 3. The van der Waals surface area contributed by atoms with E-state index in [1.54, 1.807) is 0 Å². The Morgan fingerprint density at radius 3 is 2.56 bits per heavy atom. The Bertz CT molecular complexity index is 1200. The summed E-state index contributed by atoms with van der Waals surface area (Å²) in [6.07, 6.45) is -2.99. The molecule has 2 atom stereocenters.